The van der Waals surface area contributed by atoms with Crippen molar-refractivity contribution in [1.82, 2.24) is 0 Å². The molecule has 1 aromatic carbocycles. The number of hydrogen-bond acceptors (Lipinski definition) is 3. The zero-order chi connectivity index (χ0) is 11.3. The molecule has 0 saturated carbocycles. The van der Waals surface area contributed by atoms with E-state index in [-0.39, 0.29) is 0 Å². The highest BCUT2D eigenvalue weighted by molar-refractivity contribution is 5.59. The molecule has 80 valence electrons. The maximum atomic E-state index is 8.57. The van der Waals surface area contributed by atoms with Crippen molar-refractivity contribution < 1.29 is 0 Å². The summed E-state index contributed by atoms with van der Waals surface area (Å²) in [6.45, 7) is 5.82. The maximum absolute atomic E-state index is 8.57. The number of aryl methyl sites for hydroxylation is 1. The molecule has 0 fully saturated rings. The molecular weight excluding hydrogens is 186 g/mol. The van der Waals surface area contributed by atoms with Gasteiger partial charge in [-0.3, -0.25) is 0 Å². The van der Waals surface area contributed by atoms with E-state index < -0.39 is 0 Å². The molecule has 0 aliphatic carbocycles. The maximum Gasteiger partial charge on any atom is 0.0640 e. The molecular formula is C12H17N3. The summed E-state index contributed by atoms with van der Waals surface area (Å²) in [4.78, 5) is 2.19. The van der Waals surface area contributed by atoms with Crippen LogP contribution < -0.4 is 10.6 Å². The van der Waals surface area contributed by atoms with Gasteiger partial charge in [-0.25, -0.2) is 0 Å². The SMILES string of the molecule is CCN(CCC#N)c1ccc(N)cc1C. The lowest BCUT2D eigenvalue weighted by Gasteiger charge is -2.24. The molecule has 3 heteroatoms. The smallest absolute Gasteiger partial charge is 0.0640 e. The molecule has 0 aliphatic heterocycles. The molecule has 0 bridgehead atoms. The third-order valence-corrected chi connectivity index (χ3v) is 2.44. The minimum absolute atomic E-state index is 0.553. The fourth-order valence-corrected chi connectivity index (χ4v) is 1.67. The van der Waals surface area contributed by atoms with E-state index in [4.69, 9.17) is 11.0 Å². The highest BCUT2D eigenvalue weighted by Crippen LogP contribution is 2.22. The van der Waals surface area contributed by atoms with Gasteiger partial charge in [-0.05, 0) is 37.6 Å². The summed E-state index contributed by atoms with van der Waals surface area (Å²) >= 11 is 0. The summed E-state index contributed by atoms with van der Waals surface area (Å²) in [5.41, 5.74) is 8.81. The summed E-state index contributed by atoms with van der Waals surface area (Å²) in [6, 6.07) is 8.05. The van der Waals surface area contributed by atoms with Gasteiger partial charge in [-0.1, -0.05) is 0 Å². The van der Waals surface area contributed by atoms with E-state index in [1.165, 1.54) is 5.69 Å². The van der Waals surface area contributed by atoms with Crippen LogP contribution in [0, 0.1) is 18.3 Å². The van der Waals surface area contributed by atoms with Crippen LogP contribution in [-0.2, 0) is 0 Å². The van der Waals surface area contributed by atoms with Crippen LogP contribution in [0.15, 0.2) is 18.2 Å². The van der Waals surface area contributed by atoms with E-state index in [1.807, 2.05) is 25.1 Å². The van der Waals surface area contributed by atoms with Gasteiger partial charge < -0.3 is 10.6 Å². The summed E-state index contributed by atoms with van der Waals surface area (Å²) < 4.78 is 0. The minimum atomic E-state index is 0.553. The lowest BCUT2D eigenvalue weighted by Crippen LogP contribution is -2.24. The van der Waals surface area contributed by atoms with Gasteiger partial charge in [0.15, 0.2) is 0 Å². The van der Waals surface area contributed by atoms with Crippen molar-refractivity contribution in [3.05, 3.63) is 23.8 Å². The molecule has 0 aliphatic rings. The first-order valence-electron chi connectivity index (χ1n) is 5.17. The summed E-state index contributed by atoms with van der Waals surface area (Å²) in [5, 5.41) is 8.57. The topological polar surface area (TPSA) is 53.0 Å². The number of hydrogen-bond donors (Lipinski definition) is 1. The first-order chi connectivity index (χ1) is 7.19. The number of anilines is 2. The number of nitriles is 1. The van der Waals surface area contributed by atoms with E-state index in [2.05, 4.69) is 17.9 Å². The Morgan fingerprint density at radius 2 is 2.20 bits per heavy atom. The quantitative estimate of drug-likeness (QED) is 0.764. The van der Waals surface area contributed by atoms with Crippen LogP contribution in [0.4, 0.5) is 11.4 Å². The molecule has 0 atom stereocenters. The van der Waals surface area contributed by atoms with Gasteiger partial charge in [0.05, 0.1) is 12.5 Å². The molecule has 0 heterocycles. The van der Waals surface area contributed by atoms with Gasteiger partial charge in [0.1, 0.15) is 0 Å². The molecule has 0 saturated heterocycles. The number of nitrogens with zero attached hydrogens (tertiary/aromatic N) is 2. The van der Waals surface area contributed by atoms with Crippen molar-refractivity contribution in [3.8, 4) is 6.07 Å². The van der Waals surface area contributed by atoms with Gasteiger partial charge in [-0.2, -0.15) is 5.26 Å². The molecule has 1 rings (SSSR count). The Labute approximate surface area is 91.1 Å². The Morgan fingerprint density at radius 1 is 1.47 bits per heavy atom. The molecule has 1 aromatic rings. The van der Waals surface area contributed by atoms with Gasteiger partial charge in [0.2, 0.25) is 0 Å². The Bertz CT molecular complexity index is 366. The highest BCUT2D eigenvalue weighted by Gasteiger charge is 2.06. The fraction of sp³-hybridized carbons (Fsp3) is 0.417. The summed E-state index contributed by atoms with van der Waals surface area (Å²) in [6.07, 6.45) is 0.553. The molecule has 0 spiro atoms. The average molecular weight is 203 g/mol. The second-order valence-electron chi connectivity index (χ2n) is 3.53. The van der Waals surface area contributed by atoms with Crippen molar-refractivity contribution in [2.24, 2.45) is 0 Å². The number of benzene rings is 1. The van der Waals surface area contributed by atoms with Crippen molar-refractivity contribution in [3.63, 3.8) is 0 Å². The number of nitrogen functional groups attached to an aromatic ring is 1. The Kier molecular flexibility index (Phi) is 3.99. The Hall–Kier alpha value is -1.69. The normalized spacial score (nSPS) is 9.67. The van der Waals surface area contributed by atoms with Crippen molar-refractivity contribution >= 4 is 11.4 Å². The Balaban J connectivity index is 2.87. The summed E-state index contributed by atoms with van der Waals surface area (Å²) in [5.74, 6) is 0. The van der Waals surface area contributed by atoms with E-state index in [1.54, 1.807) is 0 Å². The standard InChI is InChI=1S/C12H17N3/c1-3-15(8-4-7-13)12-6-5-11(14)9-10(12)2/h5-6,9H,3-4,8,14H2,1-2H3. The predicted octanol–water partition coefficient (Wildman–Crippen LogP) is 2.32. The zero-order valence-electron chi connectivity index (χ0n) is 9.33. The molecule has 2 N–H and O–H groups in total. The molecule has 15 heavy (non-hydrogen) atoms. The van der Waals surface area contributed by atoms with Crippen LogP contribution in [0.25, 0.3) is 0 Å². The third kappa shape index (κ3) is 2.88. The molecule has 3 nitrogen and oxygen atoms in total. The first-order valence-corrected chi connectivity index (χ1v) is 5.17. The third-order valence-electron chi connectivity index (χ3n) is 2.44. The minimum Gasteiger partial charge on any atom is -0.399 e. The monoisotopic (exact) mass is 203 g/mol. The second kappa shape index (κ2) is 5.26. The van der Waals surface area contributed by atoms with E-state index in [0.29, 0.717) is 6.42 Å². The predicted molar refractivity (Wildman–Crippen MR) is 63.7 cm³/mol. The second-order valence-corrected chi connectivity index (χ2v) is 3.53. The van der Waals surface area contributed by atoms with Crippen LogP contribution in [0.3, 0.4) is 0 Å². The average Bonchev–Trinajstić information content (AvgIpc) is 2.21. The van der Waals surface area contributed by atoms with Crippen molar-refractivity contribution in [1.29, 1.82) is 5.26 Å². The molecule has 0 aromatic heterocycles. The lowest BCUT2D eigenvalue weighted by atomic mass is 10.1. The van der Waals surface area contributed by atoms with Crippen LogP contribution >= 0.6 is 0 Å². The number of rotatable bonds is 4. The van der Waals surface area contributed by atoms with Crippen molar-refractivity contribution in [2.45, 2.75) is 20.3 Å². The van der Waals surface area contributed by atoms with E-state index >= 15 is 0 Å². The van der Waals surface area contributed by atoms with Gasteiger partial charge in [0.25, 0.3) is 0 Å². The number of nitrogens with two attached hydrogens (primary N) is 1. The van der Waals surface area contributed by atoms with E-state index in [0.717, 1.165) is 24.3 Å². The van der Waals surface area contributed by atoms with Gasteiger partial charge in [0, 0.05) is 24.5 Å². The zero-order valence-corrected chi connectivity index (χ0v) is 9.33. The molecule has 0 unspecified atom stereocenters. The first kappa shape index (κ1) is 11.4. The van der Waals surface area contributed by atoms with Gasteiger partial charge >= 0.3 is 0 Å². The fourth-order valence-electron chi connectivity index (χ4n) is 1.67. The highest BCUT2D eigenvalue weighted by atomic mass is 15.1. The summed E-state index contributed by atoms with van der Waals surface area (Å²) in [7, 11) is 0. The van der Waals surface area contributed by atoms with Crippen LogP contribution in [0.5, 0.6) is 0 Å². The molecule has 0 radical (unpaired) electrons. The van der Waals surface area contributed by atoms with Gasteiger partial charge in [-0.15, -0.1) is 0 Å². The van der Waals surface area contributed by atoms with Crippen LogP contribution in [0.1, 0.15) is 18.9 Å². The lowest BCUT2D eigenvalue weighted by molar-refractivity contribution is 0.824. The molecule has 0 amide bonds. The van der Waals surface area contributed by atoms with E-state index in [9.17, 15) is 0 Å². The van der Waals surface area contributed by atoms with Crippen LogP contribution in [0.2, 0.25) is 0 Å². The largest absolute Gasteiger partial charge is 0.399 e. The Morgan fingerprint density at radius 3 is 2.73 bits per heavy atom. The van der Waals surface area contributed by atoms with Crippen LogP contribution in [-0.4, -0.2) is 13.1 Å². The van der Waals surface area contributed by atoms with Crippen molar-refractivity contribution in [2.75, 3.05) is 23.7 Å².